The lowest BCUT2D eigenvalue weighted by molar-refractivity contribution is 0.0695. The van der Waals surface area contributed by atoms with E-state index in [-0.39, 0.29) is 0 Å². The number of hydrogen-bond donors (Lipinski definition) is 1. The lowest BCUT2D eigenvalue weighted by Gasteiger charge is -2.10. The van der Waals surface area contributed by atoms with Crippen molar-refractivity contribution in [3.8, 4) is 0 Å². The van der Waals surface area contributed by atoms with Crippen LogP contribution in [0.4, 0.5) is 0 Å². The van der Waals surface area contributed by atoms with Gasteiger partial charge in [0.25, 0.3) is 0 Å². The Bertz CT molecular complexity index is 702. The van der Waals surface area contributed by atoms with E-state index in [2.05, 4.69) is 18.0 Å². The number of hydrogen-bond acceptors (Lipinski definition) is 2. The molecule has 0 radical (unpaired) electrons. The van der Waals surface area contributed by atoms with E-state index < -0.39 is 5.97 Å². The molecule has 0 atom stereocenters. The highest BCUT2D eigenvalue weighted by Gasteiger charge is 2.26. The zero-order valence-corrected chi connectivity index (χ0v) is 12.4. The highest BCUT2D eigenvalue weighted by Crippen LogP contribution is 2.40. The van der Waals surface area contributed by atoms with Gasteiger partial charge in [0.1, 0.15) is 0 Å². The zero-order chi connectivity index (χ0) is 15.0. The standard InChI is InChI=1S/C18H19NO2/c1-11-3-4-15(16(7-11)18(20)21)9-13-8-12(2)17(19-10-13)14-5-6-14/h3-4,7-8,10,14H,5-6,9H2,1-2H3,(H,20,21). The van der Waals surface area contributed by atoms with Crippen LogP contribution in [0.15, 0.2) is 30.5 Å². The van der Waals surface area contributed by atoms with E-state index in [0.717, 1.165) is 16.7 Å². The van der Waals surface area contributed by atoms with Gasteiger partial charge in [0.15, 0.2) is 0 Å². The van der Waals surface area contributed by atoms with Gasteiger partial charge in [-0.15, -0.1) is 0 Å². The second-order valence-corrected chi connectivity index (χ2v) is 5.96. The molecule has 3 heteroatoms. The maximum Gasteiger partial charge on any atom is 0.335 e. The van der Waals surface area contributed by atoms with Gasteiger partial charge in [0, 0.05) is 17.8 Å². The van der Waals surface area contributed by atoms with Gasteiger partial charge in [-0.05, 0) is 55.9 Å². The molecule has 1 aliphatic carbocycles. The minimum absolute atomic E-state index is 0.388. The maximum absolute atomic E-state index is 11.4. The Labute approximate surface area is 124 Å². The van der Waals surface area contributed by atoms with Crippen LogP contribution in [0.25, 0.3) is 0 Å². The largest absolute Gasteiger partial charge is 0.478 e. The molecule has 21 heavy (non-hydrogen) atoms. The molecule has 3 rings (SSSR count). The van der Waals surface area contributed by atoms with Crippen LogP contribution in [-0.4, -0.2) is 16.1 Å². The van der Waals surface area contributed by atoms with Crippen molar-refractivity contribution in [2.24, 2.45) is 0 Å². The molecule has 2 aromatic rings. The summed E-state index contributed by atoms with van der Waals surface area (Å²) in [6.45, 7) is 4.00. The van der Waals surface area contributed by atoms with Crippen molar-refractivity contribution in [1.82, 2.24) is 4.98 Å². The van der Waals surface area contributed by atoms with Gasteiger partial charge in [0.2, 0.25) is 0 Å². The minimum atomic E-state index is -0.868. The number of nitrogens with zero attached hydrogens (tertiary/aromatic N) is 1. The van der Waals surface area contributed by atoms with Crippen molar-refractivity contribution in [2.45, 2.75) is 39.0 Å². The number of aromatic carboxylic acids is 1. The van der Waals surface area contributed by atoms with Crippen LogP contribution in [0.3, 0.4) is 0 Å². The molecule has 0 unspecified atom stereocenters. The molecule has 108 valence electrons. The number of aryl methyl sites for hydroxylation is 2. The van der Waals surface area contributed by atoms with Gasteiger partial charge < -0.3 is 5.11 Å². The summed E-state index contributed by atoms with van der Waals surface area (Å²) in [5, 5.41) is 9.33. The molecule has 3 nitrogen and oxygen atoms in total. The minimum Gasteiger partial charge on any atom is -0.478 e. The van der Waals surface area contributed by atoms with Crippen LogP contribution in [0.5, 0.6) is 0 Å². The highest BCUT2D eigenvalue weighted by molar-refractivity contribution is 5.89. The lowest BCUT2D eigenvalue weighted by atomic mass is 9.97. The van der Waals surface area contributed by atoms with E-state index in [1.165, 1.54) is 24.1 Å². The molecular formula is C18H19NO2. The first-order chi connectivity index (χ1) is 10.0. The fourth-order valence-electron chi connectivity index (χ4n) is 2.79. The van der Waals surface area contributed by atoms with Crippen LogP contribution < -0.4 is 0 Å². The maximum atomic E-state index is 11.4. The van der Waals surface area contributed by atoms with Crippen LogP contribution in [-0.2, 0) is 6.42 Å². The predicted octanol–water partition coefficient (Wildman–Crippen LogP) is 3.86. The van der Waals surface area contributed by atoms with Gasteiger partial charge in [0.05, 0.1) is 5.56 Å². The van der Waals surface area contributed by atoms with Gasteiger partial charge in [-0.2, -0.15) is 0 Å². The third-order valence-corrected chi connectivity index (χ3v) is 4.03. The average molecular weight is 281 g/mol. The smallest absolute Gasteiger partial charge is 0.335 e. The van der Waals surface area contributed by atoms with E-state index in [0.29, 0.717) is 17.9 Å². The Morgan fingerprint density at radius 1 is 1.29 bits per heavy atom. The second-order valence-electron chi connectivity index (χ2n) is 5.96. The highest BCUT2D eigenvalue weighted by atomic mass is 16.4. The molecule has 1 aromatic heterocycles. The van der Waals surface area contributed by atoms with E-state index in [4.69, 9.17) is 0 Å². The van der Waals surface area contributed by atoms with Crippen LogP contribution in [0.1, 0.15) is 57.1 Å². The van der Waals surface area contributed by atoms with Crippen molar-refractivity contribution < 1.29 is 9.90 Å². The Morgan fingerprint density at radius 2 is 2.05 bits per heavy atom. The van der Waals surface area contributed by atoms with Crippen molar-refractivity contribution in [2.75, 3.05) is 0 Å². The van der Waals surface area contributed by atoms with Gasteiger partial charge >= 0.3 is 5.97 Å². The molecule has 0 spiro atoms. The third-order valence-electron chi connectivity index (χ3n) is 4.03. The molecule has 0 aliphatic heterocycles. The molecule has 1 saturated carbocycles. The monoisotopic (exact) mass is 281 g/mol. The molecule has 1 N–H and O–H groups in total. The summed E-state index contributed by atoms with van der Waals surface area (Å²) in [5.74, 6) is -0.221. The number of carbonyl (C=O) groups is 1. The van der Waals surface area contributed by atoms with Crippen molar-refractivity contribution >= 4 is 5.97 Å². The molecule has 0 amide bonds. The predicted molar refractivity (Wildman–Crippen MR) is 81.9 cm³/mol. The Hall–Kier alpha value is -2.16. The van der Waals surface area contributed by atoms with Crippen molar-refractivity contribution in [1.29, 1.82) is 0 Å². The van der Waals surface area contributed by atoms with E-state index in [1.807, 2.05) is 25.3 Å². The van der Waals surface area contributed by atoms with Crippen molar-refractivity contribution in [3.05, 3.63) is 64.0 Å². The Morgan fingerprint density at radius 3 is 2.67 bits per heavy atom. The van der Waals surface area contributed by atoms with Gasteiger partial charge in [-0.1, -0.05) is 23.8 Å². The second kappa shape index (κ2) is 5.32. The average Bonchev–Trinajstić information content (AvgIpc) is 3.25. The number of benzene rings is 1. The summed E-state index contributed by atoms with van der Waals surface area (Å²) >= 11 is 0. The van der Waals surface area contributed by atoms with Gasteiger partial charge in [-0.3, -0.25) is 4.98 Å². The SMILES string of the molecule is Cc1ccc(Cc2cnc(C3CC3)c(C)c2)c(C(=O)O)c1. The van der Waals surface area contributed by atoms with Crippen molar-refractivity contribution in [3.63, 3.8) is 0 Å². The fraction of sp³-hybridized carbons (Fsp3) is 0.333. The number of rotatable bonds is 4. The summed E-state index contributed by atoms with van der Waals surface area (Å²) in [4.78, 5) is 15.9. The zero-order valence-electron chi connectivity index (χ0n) is 12.4. The molecule has 0 saturated heterocycles. The normalized spacial score (nSPS) is 14.2. The molecule has 1 aromatic carbocycles. The van der Waals surface area contributed by atoms with Crippen LogP contribution in [0.2, 0.25) is 0 Å². The number of carboxylic acid groups (broad SMARTS) is 1. The first kappa shape index (κ1) is 13.8. The molecular weight excluding hydrogens is 262 g/mol. The molecule has 1 heterocycles. The molecule has 1 fully saturated rings. The van der Waals surface area contributed by atoms with E-state index in [1.54, 1.807) is 6.07 Å². The van der Waals surface area contributed by atoms with E-state index in [9.17, 15) is 9.90 Å². The summed E-state index contributed by atoms with van der Waals surface area (Å²) < 4.78 is 0. The quantitative estimate of drug-likeness (QED) is 0.925. The number of aromatic nitrogens is 1. The molecule has 1 aliphatic rings. The molecule has 0 bridgehead atoms. The summed E-state index contributed by atoms with van der Waals surface area (Å²) in [5.41, 5.74) is 5.70. The third kappa shape index (κ3) is 2.97. The van der Waals surface area contributed by atoms with Gasteiger partial charge in [-0.25, -0.2) is 4.79 Å². The first-order valence-electron chi connectivity index (χ1n) is 7.33. The van der Waals surface area contributed by atoms with Crippen LogP contribution in [0, 0.1) is 13.8 Å². The number of carboxylic acids is 1. The summed E-state index contributed by atoms with van der Waals surface area (Å²) in [6, 6.07) is 7.74. The Kier molecular flexibility index (Phi) is 3.50. The topological polar surface area (TPSA) is 50.2 Å². The summed E-state index contributed by atoms with van der Waals surface area (Å²) in [7, 11) is 0. The van der Waals surface area contributed by atoms with E-state index >= 15 is 0 Å². The fourth-order valence-corrected chi connectivity index (χ4v) is 2.79. The Balaban J connectivity index is 1.89. The first-order valence-corrected chi connectivity index (χ1v) is 7.33. The number of pyridine rings is 1. The van der Waals surface area contributed by atoms with Crippen LogP contribution >= 0.6 is 0 Å². The lowest BCUT2D eigenvalue weighted by Crippen LogP contribution is -2.04. The summed E-state index contributed by atoms with van der Waals surface area (Å²) in [6.07, 6.45) is 5.00.